The average Bonchev–Trinajstić information content (AvgIpc) is 2.34. The van der Waals surface area contributed by atoms with Crippen LogP contribution < -0.4 is 10.6 Å². The highest BCUT2D eigenvalue weighted by Crippen LogP contribution is 2.24. The molecule has 0 spiro atoms. The molecule has 7 nitrogen and oxygen atoms in total. The minimum absolute atomic E-state index is 0.0446. The van der Waals surface area contributed by atoms with Crippen molar-refractivity contribution in [1.29, 1.82) is 0 Å². The van der Waals surface area contributed by atoms with Gasteiger partial charge in [0.2, 0.25) is 5.91 Å². The van der Waals surface area contributed by atoms with Crippen LogP contribution in [0.15, 0.2) is 18.2 Å². The molecule has 0 aromatic heterocycles. The van der Waals surface area contributed by atoms with E-state index in [1.54, 1.807) is 0 Å². The second kappa shape index (κ2) is 7.39. The Kier molecular flexibility index (Phi) is 5.83. The van der Waals surface area contributed by atoms with Crippen LogP contribution in [0.25, 0.3) is 0 Å². The molecule has 0 bridgehead atoms. The number of amides is 1. The van der Waals surface area contributed by atoms with Crippen molar-refractivity contribution in [2.75, 3.05) is 32.1 Å². The van der Waals surface area contributed by atoms with E-state index in [9.17, 15) is 19.3 Å². The van der Waals surface area contributed by atoms with Crippen LogP contribution in [0.2, 0.25) is 0 Å². The second-order valence-electron chi connectivity index (χ2n) is 3.64. The van der Waals surface area contributed by atoms with Crippen molar-refractivity contribution in [3.05, 3.63) is 34.1 Å². The van der Waals surface area contributed by atoms with E-state index in [0.29, 0.717) is 13.2 Å². The fraction of sp³-hybridized carbons (Fsp3) is 0.364. The second-order valence-corrected chi connectivity index (χ2v) is 3.64. The molecule has 19 heavy (non-hydrogen) atoms. The molecule has 0 unspecified atom stereocenters. The monoisotopic (exact) mass is 271 g/mol. The van der Waals surface area contributed by atoms with Crippen molar-refractivity contribution in [1.82, 2.24) is 5.32 Å². The number of anilines is 1. The van der Waals surface area contributed by atoms with Crippen molar-refractivity contribution < 1.29 is 18.8 Å². The number of carbonyl (C=O) groups excluding carboxylic acids is 1. The summed E-state index contributed by atoms with van der Waals surface area (Å²) in [7, 11) is 1.53. The predicted molar refractivity (Wildman–Crippen MR) is 66.4 cm³/mol. The van der Waals surface area contributed by atoms with Gasteiger partial charge in [-0.25, -0.2) is 4.39 Å². The molecule has 1 aromatic rings. The van der Waals surface area contributed by atoms with E-state index < -0.39 is 16.6 Å². The number of nitro groups is 1. The van der Waals surface area contributed by atoms with Gasteiger partial charge in [0.25, 0.3) is 5.69 Å². The summed E-state index contributed by atoms with van der Waals surface area (Å²) in [5, 5.41) is 15.8. The summed E-state index contributed by atoms with van der Waals surface area (Å²) in [5.74, 6) is -1.15. The number of carbonyl (C=O) groups is 1. The number of benzene rings is 1. The average molecular weight is 271 g/mol. The van der Waals surface area contributed by atoms with Crippen molar-refractivity contribution >= 4 is 17.3 Å². The minimum Gasteiger partial charge on any atom is -0.383 e. The van der Waals surface area contributed by atoms with E-state index in [0.717, 1.165) is 18.2 Å². The molecule has 0 atom stereocenters. The summed E-state index contributed by atoms with van der Waals surface area (Å²) in [6.07, 6.45) is 0. The van der Waals surface area contributed by atoms with Crippen LogP contribution in [0.1, 0.15) is 0 Å². The molecule has 1 rings (SSSR count). The van der Waals surface area contributed by atoms with E-state index in [1.165, 1.54) is 7.11 Å². The molecule has 0 aliphatic heterocycles. The van der Waals surface area contributed by atoms with Gasteiger partial charge in [-0.1, -0.05) is 0 Å². The van der Waals surface area contributed by atoms with Gasteiger partial charge in [-0.05, 0) is 6.07 Å². The third-order valence-electron chi connectivity index (χ3n) is 2.20. The zero-order chi connectivity index (χ0) is 14.3. The first-order chi connectivity index (χ1) is 9.04. The number of hydrogen-bond acceptors (Lipinski definition) is 5. The van der Waals surface area contributed by atoms with Gasteiger partial charge < -0.3 is 15.4 Å². The molecule has 0 aliphatic rings. The van der Waals surface area contributed by atoms with Gasteiger partial charge in [0.1, 0.15) is 11.5 Å². The van der Waals surface area contributed by atoms with Crippen molar-refractivity contribution in [2.24, 2.45) is 0 Å². The van der Waals surface area contributed by atoms with Gasteiger partial charge in [-0.3, -0.25) is 14.9 Å². The molecule has 1 amide bonds. The van der Waals surface area contributed by atoms with Gasteiger partial charge >= 0.3 is 0 Å². The first-order valence-electron chi connectivity index (χ1n) is 5.48. The highest BCUT2D eigenvalue weighted by molar-refractivity contribution is 5.94. The van der Waals surface area contributed by atoms with Crippen LogP contribution in [0.3, 0.4) is 0 Å². The smallest absolute Gasteiger partial charge is 0.292 e. The summed E-state index contributed by atoms with van der Waals surface area (Å²) < 4.78 is 17.8. The fourth-order valence-corrected chi connectivity index (χ4v) is 1.34. The summed E-state index contributed by atoms with van der Waals surface area (Å²) in [5.41, 5.74) is -0.518. The normalized spacial score (nSPS) is 10.2. The van der Waals surface area contributed by atoms with Crippen LogP contribution in [-0.4, -0.2) is 37.6 Å². The lowest BCUT2D eigenvalue weighted by Crippen LogP contribution is -2.30. The number of methoxy groups -OCH3 is 1. The van der Waals surface area contributed by atoms with Crippen LogP contribution in [0.4, 0.5) is 15.8 Å². The molecular weight excluding hydrogens is 257 g/mol. The first-order valence-corrected chi connectivity index (χ1v) is 5.48. The molecule has 8 heteroatoms. The van der Waals surface area contributed by atoms with E-state index in [1.807, 2.05) is 0 Å². The first kappa shape index (κ1) is 15.0. The fourth-order valence-electron chi connectivity index (χ4n) is 1.34. The van der Waals surface area contributed by atoms with Gasteiger partial charge in [-0.15, -0.1) is 0 Å². The lowest BCUT2D eigenvalue weighted by Gasteiger charge is -2.07. The number of hydrogen-bond donors (Lipinski definition) is 2. The van der Waals surface area contributed by atoms with E-state index in [-0.39, 0.29) is 17.9 Å². The molecule has 0 aliphatic carbocycles. The number of ether oxygens (including phenoxy) is 1. The Bertz CT molecular complexity index is 467. The van der Waals surface area contributed by atoms with E-state index >= 15 is 0 Å². The maximum atomic E-state index is 13.0. The Morgan fingerprint density at radius 3 is 2.89 bits per heavy atom. The minimum atomic E-state index is -0.687. The third kappa shape index (κ3) is 4.98. The number of nitrogens with one attached hydrogen (secondary N) is 2. The van der Waals surface area contributed by atoms with Crippen LogP contribution in [0, 0.1) is 15.9 Å². The van der Waals surface area contributed by atoms with Crippen LogP contribution in [0.5, 0.6) is 0 Å². The molecule has 0 saturated carbocycles. The number of nitro benzene ring substituents is 1. The number of nitrogens with zero attached hydrogens (tertiary/aromatic N) is 1. The lowest BCUT2D eigenvalue weighted by molar-refractivity contribution is -0.384. The molecule has 2 N–H and O–H groups in total. The summed E-state index contributed by atoms with van der Waals surface area (Å²) in [6, 6.07) is 2.87. The SMILES string of the molecule is COCCNCC(=O)Nc1cc(F)ccc1[N+](=O)[O-]. The zero-order valence-corrected chi connectivity index (χ0v) is 10.3. The molecule has 1 aromatic carbocycles. The molecule has 0 heterocycles. The topological polar surface area (TPSA) is 93.5 Å². The van der Waals surface area contributed by atoms with Crippen molar-refractivity contribution in [3.8, 4) is 0 Å². The van der Waals surface area contributed by atoms with Gasteiger partial charge in [0, 0.05) is 25.8 Å². The summed E-state index contributed by atoms with van der Waals surface area (Å²) in [4.78, 5) is 21.5. The Hall–Kier alpha value is -2.06. The summed E-state index contributed by atoms with van der Waals surface area (Å²) in [6.45, 7) is 0.861. The molecule has 104 valence electrons. The molecule has 0 saturated heterocycles. The van der Waals surface area contributed by atoms with Gasteiger partial charge in [-0.2, -0.15) is 0 Å². The maximum Gasteiger partial charge on any atom is 0.292 e. The Labute approximate surface area is 108 Å². The van der Waals surface area contributed by atoms with E-state index in [2.05, 4.69) is 10.6 Å². The van der Waals surface area contributed by atoms with Gasteiger partial charge in [0.15, 0.2) is 0 Å². The quantitative estimate of drug-likeness (QED) is 0.437. The van der Waals surface area contributed by atoms with Gasteiger partial charge in [0.05, 0.1) is 18.1 Å². The Morgan fingerprint density at radius 1 is 1.53 bits per heavy atom. The van der Waals surface area contributed by atoms with Crippen molar-refractivity contribution in [3.63, 3.8) is 0 Å². The maximum absolute atomic E-state index is 13.0. The van der Waals surface area contributed by atoms with Crippen LogP contribution in [-0.2, 0) is 9.53 Å². The zero-order valence-electron chi connectivity index (χ0n) is 10.3. The lowest BCUT2D eigenvalue weighted by atomic mass is 10.2. The largest absolute Gasteiger partial charge is 0.383 e. The Balaban J connectivity index is 2.62. The van der Waals surface area contributed by atoms with Crippen molar-refractivity contribution in [2.45, 2.75) is 0 Å². The molecule has 0 radical (unpaired) electrons. The molecule has 0 fully saturated rings. The number of rotatable bonds is 7. The standard InChI is InChI=1S/C11H14FN3O4/c1-19-5-4-13-7-11(16)14-9-6-8(12)2-3-10(9)15(17)18/h2-3,6,13H,4-5,7H2,1H3,(H,14,16). The Morgan fingerprint density at radius 2 is 2.26 bits per heavy atom. The molecular formula is C11H14FN3O4. The summed E-state index contributed by atoms with van der Waals surface area (Å²) >= 11 is 0. The number of halogens is 1. The van der Waals surface area contributed by atoms with E-state index in [4.69, 9.17) is 4.74 Å². The predicted octanol–water partition coefficient (Wildman–Crippen LogP) is 0.908. The third-order valence-corrected chi connectivity index (χ3v) is 2.20. The van der Waals surface area contributed by atoms with Crippen LogP contribution >= 0.6 is 0 Å². The highest BCUT2D eigenvalue weighted by Gasteiger charge is 2.16. The highest BCUT2D eigenvalue weighted by atomic mass is 19.1.